The Bertz CT molecular complexity index is 786. The molecule has 0 radical (unpaired) electrons. The average Bonchev–Trinajstić information content (AvgIpc) is 2.97. The van der Waals surface area contributed by atoms with Gasteiger partial charge in [0.15, 0.2) is 5.78 Å². The molecule has 1 aliphatic rings. The number of ether oxygens (including phenoxy) is 1. The molecular formula is C21H25NO3. The third-order valence-electron chi connectivity index (χ3n) is 4.99. The monoisotopic (exact) mass is 339 g/mol. The van der Waals surface area contributed by atoms with Gasteiger partial charge in [-0.25, -0.2) is 4.79 Å². The normalized spacial score (nSPS) is 16.6. The lowest BCUT2D eigenvalue weighted by molar-refractivity contribution is 0.0498. The highest BCUT2D eigenvalue weighted by Gasteiger charge is 2.32. The first-order chi connectivity index (χ1) is 12.0. The molecule has 132 valence electrons. The van der Waals surface area contributed by atoms with Crippen LogP contribution in [0.15, 0.2) is 24.3 Å². The molecule has 2 aromatic rings. The number of aromatic nitrogens is 1. The molecule has 0 unspecified atom stereocenters. The summed E-state index contributed by atoms with van der Waals surface area (Å²) in [4.78, 5) is 28.1. The maximum atomic E-state index is 12.7. The zero-order valence-electron chi connectivity index (χ0n) is 15.1. The second-order valence-corrected chi connectivity index (χ2v) is 6.74. The second-order valence-electron chi connectivity index (χ2n) is 6.74. The third kappa shape index (κ3) is 3.39. The van der Waals surface area contributed by atoms with Gasteiger partial charge in [-0.3, -0.25) is 4.79 Å². The second kappa shape index (κ2) is 7.26. The van der Waals surface area contributed by atoms with E-state index in [2.05, 4.69) is 36.2 Å². The van der Waals surface area contributed by atoms with Crippen molar-refractivity contribution in [3.8, 4) is 0 Å². The topological polar surface area (TPSA) is 59.2 Å². The fourth-order valence-corrected chi connectivity index (χ4v) is 3.57. The molecule has 0 aliphatic heterocycles. The predicted molar refractivity (Wildman–Crippen MR) is 97.3 cm³/mol. The van der Waals surface area contributed by atoms with Crippen LogP contribution in [-0.2, 0) is 17.6 Å². The first-order valence-electron chi connectivity index (χ1n) is 9.05. The Morgan fingerprint density at radius 2 is 1.92 bits per heavy atom. The molecule has 25 heavy (non-hydrogen) atoms. The number of Topliss-reactive ketones (excluding diaryl/α,β-unsaturated/α-hetero) is 1. The molecule has 0 saturated heterocycles. The maximum Gasteiger partial charge on any atom is 0.355 e. The van der Waals surface area contributed by atoms with E-state index in [1.165, 1.54) is 11.1 Å². The van der Waals surface area contributed by atoms with Crippen LogP contribution < -0.4 is 0 Å². The number of H-pyrrole nitrogens is 1. The molecule has 4 nitrogen and oxygen atoms in total. The highest BCUT2D eigenvalue weighted by molar-refractivity contribution is 6.03. The summed E-state index contributed by atoms with van der Waals surface area (Å²) in [6.45, 7) is 6.30. The Hall–Kier alpha value is -2.36. The highest BCUT2D eigenvalue weighted by atomic mass is 16.5. The summed E-state index contributed by atoms with van der Waals surface area (Å²) in [7, 11) is 0. The van der Waals surface area contributed by atoms with Crippen LogP contribution in [0.5, 0.6) is 0 Å². The number of carbonyl (C=O) groups excluding carboxylic acids is 2. The van der Waals surface area contributed by atoms with Gasteiger partial charge < -0.3 is 9.72 Å². The molecule has 0 amide bonds. The molecule has 1 aromatic carbocycles. The summed E-state index contributed by atoms with van der Waals surface area (Å²) in [5, 5.41) is 0. The minimum Gasteiger partial charge on any atom is -0.461 e. The SMILES string of the molecule is CCCOC(=O)c1[nH]c2c(c1C)C(=O)C[C@H](c1ccc(CC)cc1)C2. The van der Waals surface area contributed by atoms with Crippen molar-refractivity contribution in [2.75, 3.05) is 6.61 Å². The molecule has 0 spiro atoms. The standard InChI is InChI=1S/C21H25NO3/c1-4-10-25-21(24)20-13(3)19-17(22-20)11-16(12-18(19)23)15-8-6-14(5-2)7-9-15/h6-9,16,22H,4-5,10-12H2,1-3H3/t16-/m1/s1. The van der Waals surface area contributed by atoms with Crippen molar-refractivity contribution in [1.82, 2.24) is 4.98 Å². The van der Waals surface area contributed by atoms with Crippen LogP contribution >= 0.6 is 0 Å². The number of carbonyl (C=O) groups is 2. The Morgan fingerprint density at radius 3 is 2.56 bits per heavy atom. The molecule has 1 heterocycles. The van der Waals surface area contributed by atoms with E-state index in [0.29, 0.717) is 24.3 Å². The number of nitrogens with one attached hydrogen (secondary N) is 1. The lowest BCUT2D eigenvalue weighted by Crippen LogP contribution is -2.18. The lowest BCUT2D eigenvalue weighted by atomic mass is 9.81. The third-order valence-corrected chi connectivity index (χ3v) is 4.99. The zero-order valence-corrected chi connectivity index (χ0v) is 15.1. The average molecular weight is 339 g/mol. The van der Waals surface area contributed by atoms with Gasteiger partial charge in [0.05, 0.1) is 6.61 Å². The van der Waals surface area contributed by atoms with E-state index in [4.69, 9.17) is 4.74 Å². The number of aromatic amines is 1. The first kappa shape index (κ1) is 17.5. The molecule has 1 atom stereocenters. The maximum absolute atomic E-state index is 12.7. The van der Waals surface area contributed by atoms with Crippen LogP contribution in [0.4, 0.5) is 0 Å². The molecule has 1 N–H and O–H groups in total. The molecule has 0 fully saturated rings. The Balaban J connectivity index is 1.87. The number of ketones is 1. The van der Waals surface area contributed by atoms with Crippen molar-refractivity contribution in [2.45, 2.75) is 52.4 Å². The van der Waals surface area contributed by atoms with Crippen LogP contribution in [0.25, 0.3) is 0 Å². The highest BCUT2D eigenvalue weighted by Crippen LogP contribution is 2.35. The number of hydrogen-bond donors (Lipinski definition) is 1. The van der Waals surface area contributed by atoms with Gasteiger partial charge in [0.1, 0.15) is 5.69 Å². The van der Waals surface area contributed by atoms with Crippen molar-refractivity contribution in [1.29, 1.82) is 0 Å². The van der Waals surface area contributed by atoms with E-state index >= 15 is 0 Å². The number of fused-ring (bicyclic) bond motifs is 1. The smallest absolute Gasteiger partial charge is 0.355 e. The van der Waals surface area contributed by atoms with Gasteiger partial charge in [0.2, 0.25) is 0 Å². The van der Waals surface area contributed by atoms with Gasteiger partial charge in [0.25, 0.3) is 0 Å². The number of esters is 1. The van der Waals surface area contributed by atoms with Crippen LogP contribution in [-0.4, -0.2) is 23.3 Å². The van der Waals surface area contributed by atoms with Gasteiger partial charge in [-0.2, -0.15) is 0 Å². The summed E-state index contributed by atoms with van der Waals surface area (Å²) in [5.41, 5.74) is 5.17. The van der Waals surface area contributed by atoms with Crippen LogP contribution in [0, 0.1) is 6.92 Å². The predicted octanol–water partition coefficient (Wildman–Crippen LogP) is 4.37. The Labute approximate surface area is 148 Å². The van der Waals surface area contributed by atoms with Gasteiger partial charge in [-0.1, -0.05) is 38.1 Å². The minimum atomic E-state index is -0.370. The summed E-state index contributed by atoms with van der Waals surface area (Å²) in [6.07, 6.45) is 3.02. The zero-order chi connectivity index (χ0) is 18.0. The van der Waals surface area contributed by atoms with Crippen LogP contribution in [0.1, 0.15) is 75.8 Å². The van der Waals surface area contributed by atoms with E-state index in [9.17, 15) is 9.59 Å². The molecule has 1 aromatic heterocycles. The minimum absolute atomic E-state index is 0.106. The summed E-state index contributed by atoms with van der Waals surface area (Å²) in [5.74, 6) is -0.108. The van der Waals surface area contributed by atoms with Gasteiger partial charge in [0, 0.05) is 17.7 Å². The molecule has 0 saturated carbocycles. The van der Waals surface area contributed by atoms with E-state index in [-0.39, 0.29) is 17.7 Å². The Morgan fingerprint density at radius 1 is 1.20 bits per heavy atom. The van der Waals surface area contributed by atoms with Gasteiger partial charge in [-0.05, 0) is 48.8 Å². The van der Waals surface area contributed by atoms with E-state index in [1.807, 2.05) is 13.8 Å². The van der Waals surface area contributed by atoms with Crippen molar-refractivity contribution in [2.24, 2.45) is 0 Å². The molecule has 3 rings (SSSR count). The van der Waals surface area contributed by atoms with Crippen molar-refractivity contribution >= 4 is 11.8 Å². The number of hydrogen-bond acceptors (Lipinski definition) is 3. The van der Waals surface area contributed by atoms with Gasteiger partial charge in [-0.15, -0.1) is 0 Å². The van der Waals surface area contributed by atoms with E-state index < -0.39 is 0 Å². The fraction of sp³-hybridized carbons (Fsp3) is 0.429. The molecule has 0 bridgehead atoms. The van der Waals surface area contributed by atoms with Gasteiger partial charge >= 0.3 is 5.97 Å². The van der Waals surface area contributed by atoms with Crippen LogP contribution in [0.2, 0.25) is 0 Å². The van der Waals surface area contributed by atoms with Crippen molar-refractivity contribution < 1.29 is 14.3 Å². The van der Waals surface area contributed by atoms with Crippen LogP contribution in [0.3, 0.4) is 0 Å². The summed E-state index contributed by atoms with van der Waals surface area (Å²) < 4.78 is 5.23. The molecule has 4 heteroatoms. The first-order valence-corrected chi connectivity index (χ1v) is 9.05. The number of benzene rings is 1. The molecular weight excluding hydrogens is 314 g/mol. The van der Waals surface area contributed by atoms with E-state index in [0.717, 1.165) is 30.5 Å². The van der Waals surface area contributed by atoms with Crippen molar-refractivity contribution in [3.63, 3.8) is 0 Å². The quantitative estimate of drug-likeness (QED) is 0.823. The summed E-state index contributed by atoms with van der Waals surface area (Å²) in [6, 6.07) is 8.49. The van der Waals surface area contributed by atoms with Crippen molar-refractivity contribution in [3.05, 3.63) is 57.9 Å². The van der Waals surface area contributed by atoms with E-state index in [1.54, 1.807) is 0 Å². The number of aryl methyl sites for hydroxylation is 1. The number of rotatable bonds is 5. The summed E-state index contributed by atoms with van der Waals surface area (Å²) >= 11 is 0. The fourth-order valence-electron chi connectivity index (χ4n) is 3.57. The molecule has 1 aliphatic carbocycles. The largest absolute Gasteiger partial charge is 0.461 e. The lowest BCUT2D eigenvalue weighted by Gasteiger charge is -2.22. The Kier molecular flexibility index (Phi) is 5.07.